The topological polar surface area (TPSA) is 254 Å². The number of rotatable bonds is 22. The number of nitrogens with zero attached hydrogens (tertiary/aromatic N) is 8. The number of nitriles is 1. The van der Waals surface area contributed by atoms with Crippen LogP contribution in [0.1, 0.15) is 84.6 Å². The molecule has 5 aromatic rings. The number of fused-ring (bicyclic) bond motifs is 2. The number of benzene rings is 1. The Morgan fingerprint density at radius 3 is 2.21 bits per heavy atom. The van der Waals surface area contributed by atoms with Crippen molar-refractivity contribution in [2.24, 2.45) is 5.92 Å². The first kappa shape index (κ1) is 56.0. The Kier molecular flexibility index (Phi) is 17.6. The van der Waals surface area contributed by atoms with E-state index in [1.807, 2.05) is 60.7 Å². The normalized spacial score (nSPS) is 23.5. The summed E-state index contributed by atoms with van der Waals surface area (Å²) in [6, 6.07) is 12.5. The van der Waals surface area contributed by atoms with Crippen molar-refractivity contribution >= 4 is 81.1 Å². The van der Waals surface area contributed by atoms with Gasteiger partial charge in [-0.2, -0.15) is 10.2 Å². The quantitative estimate of drug-likeness (QED) is 0.0335. The lowest BCUT2D eigenvalue weighted by Crippen LogP contribution is -2.46. The van der Waals surface area contributed by atoms with Gasteiger partial charge >= 0.3 is 6.72 Å². The standard InChI is InChI=1S/C46H64F2N11O10PSSi2/c1-11-73(12-2,13-3)69-35-30(67-43(32(35)48)58-25-52-33-37(50-24-51-38(33)58)54-41(61)28-18-15-14-16-19-28)22-64-70(71,63-21-17-20-49)68-36-31(47)29(23-65-72(9,10)46(6,7)8)66-44(36)59-26-53-34-39(59)55-45(57-42(34)62)56-40(60)27(4)5/h14-16,18-19,24-27,29-32,35-36,43-44H,11-13,17,21-23H2,1-10H3,(H,50,51,54,61)(H2,55,56,57,60,62)/t29-,30-,31-,32-,35-,36-,43-,44-,70?/m1/s1. The Labute approximate surface area is 428 Å². The number of aromatic amines is 1. The molecule has 2 saturated heterocycles. The molecule has 0 aliphatic carbocycles. The number of hydrogen-bond acceptors (Lipinski definition) is 17. The Balaban J connectivity index is 1.22. The van der Waals surface area contributed by atoms with Crippen LogP contribution in [0.4, 0.5) is 20.5 Å². The van der Waals surface area contributed by atoms with E-state index >= 15 is 8.78 Å². The highest BCUT2D eigenvalue weighted by Crippen LogP contribution is 2.56. The van der Waals surface area contributed by atoms with Crippen LogP contribution in [0.15, 0.2) is 54.1 Å². The van der Waals surface area contributed by atoms with E-state index in [1.54, 1.807) is 44.2 Å². The van der Waals surface area contributed by atoms with Crippen molar-refractivity contribution in [3.05, 3.63) is 65.2 Å². The van der Waals surface area contributed by atoms with Crippen LogP contribution in [0.3, 0.4) is 0 Å². The van der Waals surface area contributed by atoms with E-state index in [1.165, 1.54) is 28.1 Å². The number of carbonyl (C=O) groups is 2. The Bertz CT molecular complexity index is 2890. The smallest absolute Gasteiger partial charge is 0.327 e. The molecule has 2 fully saturated rings. The molecule has 7 rings (SSSR count). The van der Waals surface area contributed by atoms with Gasteiger partial charge in [-0.3, -0.25) is 38.3 Å². The molecule has 6 heterocycles. The lowest BCUT2D eigenvalue weighted by atomic mass is 10.1. The van der Waals surface area contributed by atoms with Crippen LogP contribution >= 0.6 is 6.72 Å². The number of nitrogens with one attached hydrogen (secondary N) is 3. The Hall–Kier alpha value is -4.79. The number of anilines is 2. The minimum atomic E-state index is -4.20. The highest BCUT2D eigenvalue weighted by Gasteiger charge is 2.54. The Morgan fingerprint density at radius 2 is 1.56 bits per heavy atom. The minimum absolute atomic E-state index is 0.0722. The lowest BCUT2D eigenvalue weighted by molar-refractivity contribution is -0.118. The average molecular weight is 1090 g/mol. The predicted molar refractivity (Wildman–Crippen MR) is 275 cm³/mol. The van der Waals surface area contributed by atoms with Crippen molar-refractivity contribution in [3.63, 3.8) is 0 Å². The van der Waals surface area contributed by atoms with E-state index < -0.39 is 102 Å². The van der Waals surface area contributed by atoms with Crippen molar-refractivity contribution < 1.29 is 50.3 Å². The largest absolute Gasteiger partial charge is 0.414 e. The number of H-pyrrole nitrogens is 1. The maximum absolute atomic E-state index is 17.4. The first-order valence-electron chi connectivity index (χ1n) is 24.3. The van der Waals surface area contributed by atoms with Crippen LogP contribution in [0.2, 0.25) is 36.3 Å². The van der Waals surface area contributed by atoms with Crippen LogP contribution < -0.4 is 16.2 Å². The van der Waals surface area contributed by atoms with Crippen LogP contribution in [0, 0.1) is 17.2 Å². The van der Waals surface area contributed by atoms with Crippen LogP contribution in [0.5, 0.6) is 0 Å². The fourth-order valence-electron chi connectivity index (χ4n) is 8.10. The van der Waals surface area contributed by atoms with Crippen LogP contribution in [0.25, 0.3) is 22.3 Å². The van der Waals surface area contributed by atoms with E-state index in [2.05, 4.69) is 40.5 Å². The van der Waals surface area contributed by atoms with E-state index in [0.717, 1.165) is 0 Å². The highest BCUT2D eigenvalue weighted by atomic mass is 32.5. The zero-order valence-corrected chi connectivity index (χ0v) is 46.2. The van der Waals surface area contributed by atoms with Gasteiger partial charge in [0.1, 0.15) is 30.7 Å². The van der Waals surface area contributed by atoms with Gasteiger partial charge in [0.05, 0.1) is 45.0 Å². The number of aromatic nitrogens is 8. The summed E-state index contributed by atoms with van der Waals surface area (Å²) in [6.07, 6.45) is -8.25. The number of imidazole rings is 2. The SMILES string of the molecule is CC[Si](CC)(CC)O[C@H]1[C@@H](F)[C@H](n2cnc3c(NC(=O)c4ccccc4)ncnc32)O[C@@H]1COP(=S)(OCCC#N)O[C@@H]1[C@H](F)[C@@H](CO[Si](C)(C)C(C)(C)C)O[C@H]1n1cnc2c(=O)[nH]c(NC(=O)C(C)C)nc21. The molecule has 0 saturated carbocycles. The van der Waals surface area contributed by atoms with E-state index in [-0.39, 0.29) is 58.8 Å². The summed E-state index contributed by atoms with van der Waals surface area (Å²) in [7, 11) is -5.06. The van der Waals surface area contributed by atoms with Gasteiger partial charge in [-0.15, -0.1) is 0 Å². The summed E-state index contributed by atoms with van der Waals surface area (Å²) < 4.78 is 82.6. The van der Waals surface area contributed by atoms with Crippen molar-refractivity contribution in [1.29, 1.82) is 5.26 Å². The van der Waals surface area contributed by atoms with Crippen molar-refractivity contribution in [2.45, 2.75) is 147 Å². The molecule has 1 aromatic carbocycles. The second kappa shape index (κ2) is 23.0. The molecule has 1 unspecified atom stereocenters. The minimum Gasteiger partial charge on any atom is -0.414 e. The molecule has 0 bridgehead atoms. The monoisotopic (exact) mass is 1090 g/mol. The van der Waals surface area contributed by atoms with Crippen LogP contribution in [-0.2, 0) is 48.5 Å². The van der Waals surface area contributed by atoms with Gasteiger partial charge in [0.25, 0.3) is 11.5 Å². The Morgan fingerprint density at radius 1 is 0.904 bits per heavy atom. The molecule has 73 heavy (non-hydrogen) atoms. The summed E-state index contributed by atoms with van der Waals surface area (Å²) in [6.45, 7) is 14.3. The molecule has 9 atom stereocenters. The molecule has 2 aliphatic heterocycles. The maximum Gasteiger partial charge on any atom is 0.327 e. The fraction of sp³-hybridized carbons (Fsp3) is 0.587. The molecule has 396 valence electrons. The van der Waals surface area contributed by atoms with Crippen molar-refractivity contribution in [1.82, 2.24) is 39.0 Å². The first-order valence-corrected chi connectivity index (χ1v) is 32.2. The van der Waals surface area contributed by atoms with E-state index in [9.17, 15) is 19.6 Å². The summed E-state index contributed by atoms with van der Waals surface area (Å²) >= 11 is 6.04. The van der Waals surface area contributed by atoms with Gasteiger partial charge in [0.15, 0.2) is 69.6 Å². The zero-order valence-electron chi connectivity index (χ0n) is 42.5. The number of hydrogen-bond donors (Lipinski definition) is 3. The summed E-state index contributed by atoms with van der Waals surface area (Å²) in [5, 5.41) is 14.6. The molecular formula is C46H64F2N11O10PSSi2. The van der Waals surface area contributed by atoms with Crippen molar-refractivity contribution in [2.75, 3.05) is 30.5 Å². The predicted octanol–water partition coefficient (Wildman–Crippen LogP) is 8.25. The van der Waals surface area contributed by atoms with Crippen molar-refractivity contribution in [3.8, 4) is 6.07 Å². The highest BCUT2D eigenvalue weighted by molar-refractivity contribution is 8.07. The number of halogens is 2. The van der Waals surface area contributed by atoms with Gasteiger partial charge in [0.2, 0.25) is 11.9 Å². The van der Waals surface area contributed by atoms with Crippen LogP contribution in [-0.4, -0.2) is 124 Å². The summed E-state index contributed by atoms with van der Waals surface area (Å²) in [4.78, 5) is 63.5. The number of ether oxygens (including phenoxy) is 2. The summed E-state index contributed by atoms with van der Waals surface area (Å²) in [5.74, 6) is -1.40. The second-order valence-electron chi connectivity index (χ2n) is 19.7. The number of amides is 2. The number of carbonyl (C=O) groups excluding carboxylic acids is 2. The molecule has 21 nitrogen and oxygen atoms in total. The molecular weight excluding hydrogens is 1020 g/mol. The molecule has 0 radical (unpaired) electrons. The second-order valence-corrected chi connectivity index (χ2v) is 32.2. The third kappa shape index (κ3) is 12.2. The third-order valence-corrected chi connectivity index (χ3v) is 25.2. The fourth-order valence-corrected chi connectivity index (χ4v) is 14.0. The molecule has 2 aliphatic rings. The maximum atomic E-state index is 17.4. The lowest BCUT2D eigenvalue weighted by Gasteiger charge is -2.37. The third-order valence-electron chi connectivity index (χ3n) is 13.7. The molecule has 0 spiro atoms. The van der Waals surface area contributed by atoms with E-state index in [4.69, 9.17) is 43.7 Å². The van der Waals surface area contributed by atoms with Gasteiger partial charge in [0, 0.05) is 11.5 Å². The van der Waals surface area contributed by atoms with E-state index in [0.29, 0.717) is 23.7 Å². The molecule has 4 aromatic heterocycles. The van der Waals surface area contributed by atoms with Gasteiger partial charge < -0.3 is 32.7 Å². The van der Waals surface area contributed by atoms with Gasteiger partial charge in [-0.1, -0.05) is 73.6 Å². The molecule has 2 amide bonds. The summed E-state index contributed by atoms with van der Waals surface area (Å²) in [5.41, 5.74) is -0.174. The molecule has 3 N–H and O–H groups in total. The van der Waals surface area contributed by atoms with Gasteiger partial charge in [-0.25, -0.2) is 28.7 Å². The first-order chi connectivity index (χ1) is 34.6. The van der Waals surface area contributed by atoms with Gasteiger partial charge in [-0.05, 0) is 60.2 Å². The molecule has 27 heteroatoms. The zero-order chi connectivity index (χ0) is 53.0. The average Bonchev–Trinajstić information content (AvgIpc) is 4.13. The number of alkyl halides is 2.